The number of benzene rings is 2. The molecule has 150 valence electrons. The molecule has 29 heavy (non-hydrogen) atoms. The van der Waals surface area contributed by atoms with E-state index in [-0.39, 0.29) is 39.1 Å². The predicted octanol–water partition coefficient (Wildman–Crippen LogP) is 1.99. The largest absolute Gasteiger partial charge is 0.478 e. The molecule has 0 bridgehead atoms. The lowest BCUT2D eigenvalue weighted by molar-refractivity contribution is 0.0475. The number of carbonyl (C=O) groups excluding carboxylic acids is 2. The third kappa shape index (κ3) is 3.32. The van der Waals surface area contributed by atoms with Crippen LogP contribution in [0, 0.1) is 0 Å². The quantitative estimate of drug-likeness (QED) is 0.742. The van der Waals surface area contributed by atoms with Crippen molar-refractivity contribution in [3.63, 3.8) is 0 Å². The Kier molecular flexibility index (Phi) is 4.71. The van der Waals surface area contributed by atoms with Gasteiger partial charge in [-0.3, -0.25) is 14.5 Å². The minimum Gasteiger partial charge on any atom is -0.478 e. The second-order valence-electron chi connectivity index (χ2n) is 6.90. The van der Waals surface area contributed by atoms with E-state index < -0.39 is 27.6 Å². The Hall–Kier alpha value is -3.04. The molecule has 9 heteroatoms. The van der Waals surface area contributed by atoms with Gasteiger partial charge in [0.1, 0.15) is 0 Å². The molecule has 4 rings (SSSR count). The molecule has 2 aliphatic rings. The normalized spacial score (nSPS) is 18.9. The van der Waals surface area contributed by atoms with Crippen LogP contribution in [-0.2, 0) is 14.6 Å². The summed E-state index contributed by atoms with van der Waals surface area (Å²) in [7, 11) is -3.98. The highest BCUT2D eigenvalue weighted by atomic mass is 32.2. The molecule has 8 nitrogen and oxygen atoms in total. The number of carboxylic acid groups (broad SMARTS) is 1. The average molecular weight is 415 g/mol. The Labute approximate surface area is 166 Å². The van der Waals surface area contributed by atoms with Crippen molar-refractivity contribution in [1.29, 1.82) is 0 Å². The lowest BCUT2D eigenvalue weighted by Crippen LogP contribution is -2.36. The average Bonchev–Trinajstić information content (AvgIpc) is 3.31. The van der Waals surface area contributed by atoms with E-state index in [0.717, 1.165) is 17.7 Å². The number of ether oxygens (including phenoxy) is 1. The van der Waals surface area contributed by atoms with Crippen molar-refractivity contribution < 1.29 is 32.6 Å². The molecular weight excluding hydrogens is 398 g/mol. The number of rotatable bonds is 5. The lowest BCUT2D eigenvalue weighted by atomic mass is 10.1. The Balaban J connectivity index is 1.65. The van der Waals surface area contributed by atoms with Crippen molar-refractivity contribution in [2.75, 3.05) is 13.2 Å². The molecule has 1 N–H and O–H groups in total. The van der Waals surface area contributed by atoms with E-state index >= 15 is 0 Å². The number of carboxylic acids is 1. The molecule has 0 radical (unpaired) electrons. The molecule has 1 atom stereocenters. The maximum Gasteiger partial charge on any atom is 0.335 e. The molecule has 1 saturated heterocycles. The summed E-state index contributed by atoms with van der Waals surface area (Å²) in [6.07, 6.45) is 1.43. The van der Waals surface area contributed by atoms with Crippen LogP contribution in [0.4, 0.5) is 0 Å². The third-order valence-corrected chi connectivity index (χ3v) is 6.84. The molecule has 0 aromatic heterocycles. The van der Waals surface area contributed by atoms with Gasteiger partial charge in [0.05, 0.1) is 39.1 Å². The zero-order valence-electron chi connectivity index (χ0n) is 15.2. The van der Waals surface area contributed by atoms with E-state index in [1.165, 1.54) is 42.5 Å². The third-order valence-electron chi connectivity index (χ3n) is 5.07. The molecule has 0 unspecified atom stereocenters. The van der Waals surface area contributed by atoms with Crippen LogP contribution in [-0.4, -0.2) is 55.5 Å². The van der Waals surface area contributed by atoms with E-state index in [1.54, 1.807) is 0 Å². The fourth-order valence-corrected chi connectivity index (χ4v) is 4.79. The van der Waals surface area contributed by atoms with Gasteiger partial charge in [0, 0.05) is 6.61 Å². The highest BCUT2D eigenvalue weighted by molar-refractivity contribution is 7.91. The number of sulfone groups is 1. The number of amides is 2. The number of hydrogen-bond donors (Lipinski definition) is 1. The number of hydrogen-bond acceptors (Lipinski definition) is 6. The molecule has 2 aromatic carbocycles. The summed E-state index contributed by atoms with van der Waals surface area (Å²) in [6, 6.07) is 8.60. The van der Waals surface area contributed by atoms with Crippen LogP contribution in [0.25, 0.3) is 0 Å². The molecular formula is C20H17NO7S. The summed E-state index contributed by atoms with van der Waals surface area (Å²) >= 11 is 0. The minimum absolute atomic E-state index is 0.0382. The lowest BCUT2D eigenvalue weighted by Gasteiger charge is -2.17. The van der Waals surface area contributed by atoms with E-state index in [0.29, 0.717) is 6.61 Å². The maximum absolute atomic E-state index is 12.9. The monoisotopic (exact) mass is 415 g/mol. The van der Waals surface area contributed by atoms with Crippen LogP contribution in [0.2, 0.25) is 0 Å². The minimum atomic E-state index is -3.98. The smallest absolute Gasteiger partial charge is 0.335 e. The Morgan fingerprint density at radius 1 is 1.03 bits per heavy atom. The van der Waals surface area contributed by atoms with Gasteiger partial charge in [-0.2, -0.15) is 0 Å². The SMILES string of the molecule is O=C(O)c1ccc(S(=O)(=O)c2ccc3c(c2)C(=O)N(C[C@H]2CCCO2)C3=O)cc1. The van der Waals surface area contributed by atoms with Gasteiger partial charge in [-0.1, -0.05) is 0 Å². The fraction of sp³-hybridized carbons (Fsp3) is 0.250. The van der Waals surface area contributed by atoms with Crippen LogP contribution >= 0.6 is 0 Å². The van der Waals surface area contributed by atoms with Gasteiger partial charge in [-0.05, 0) is 55.3 Å². The molecule has 2 amide bonds. The zero-order chi connectivity index (χ0) is 20.8. The highest BCUT2D eigenvalue weighted by Crippen LogP contribution is 2.29. The molecule has 2 aliphatic heterocycles. The van der Waals surface area contributed by atoms with Crippen LogP contribution < -0.4 is 0 Å². The molecule has 0 aliphatic carbocycles. The predicted molar refractivity (Wildman–Crippen MR) is 99.6 cm³/mol. The standard InChI is InChI=1S/C20H17NO7S/c22-18-16-8-7-15(29(26,27)14-5-3-12(4-6-14)20(24)25)10-17(16)19(23)21(18)11-13-2-1-9-28-13/h3-8,10,13H,1-2,9,11H2,(H,24,25)/t13-/m1/s1. The Morgan fingerprint density at radius 2 is 1.69 bits per heavy atom. The van der Waals surface area contributed by atoms with Gasteiger partial charge in [-0.15, -0.1) is 0 Å². The van der Waals surface area contributed by atoms with Crippen LogP contribution in [0.3, 0.4) is 0 Å². The molecule has 2 heterocycles. The van der Waals surface area contributed by atoms with Crippen molar-refractivity contribution in [2.24, 2.45) is 0 Å². The Bertz CT molecular complexity index is 1120. The van der Waals surface area contributed by atoms with Crippen LogP contribution in [0.5, 0.6) is 0 Å². The van der Waals surface area contributed by atoms with Crippen molar-refractivity contribution in [2.45, 2.75) is 28.7 Å². The first-order valence-electron chi connectivity index (χ1n) is 8.99. The summed E-state index contributed by atoms with van der Waals surface area (Å²) in [5.74, 6) is -2.17. The van der Waals surface area contributed by atoms with E-state index in [2.05, 4.69) is 0 Å². The van der Waals surface area contributed by atoms with Gasteiger partial charge >= 0.3 is 5.97 Å². The second-order valence-corrected chi connectivity index (χ2v) is 8.85. The first kappa shape index (κ1) is 19.3. The topological polar surface area (TPSA) is 118 Å². The highest BCUT2D eigenvalue weighted by Gasteiger charge is 2.38. The van der Waals surface area contributed by atoms with E-state index in [4.69, 9.17) is 9.84 Å². The molecule has 1 fully saturated rings. The maximum atomic E-state index is 12.9. The number of aromatic carboxylic acids is 1. The fourth-order valence-electron chi connectivity index (χ4n) is 3.51. The summed E-state index contributed by atoms with van der Waals surface area (Å²) in [5, 5.41) is 8.95. The second kappa shape index (κ2) is 7.09. The van der Waals surface area contributed by atoms with Crippen LogP contribution in [0.1, 0.15) is 43.9 Å². The molecule has 0 saturated carbocycles. The van der Waals surface area contributed by atoms with Crippen molar-refractivity contribution in [3.05, 3.63) is 59.2 Å². The number of nitrogens with zero attached hydrogens (tertiary/aromatic N) is 1. The zero-order valence-corrected chi connectivity index (χ0v) is 16.0. The van der Waals surface area contributed by atoms with Gasteiger partial charge in [0.25, 0.3) is 11.8 Å². The van der Waals surface area contributed by atoms with Crippen molar-refractivity contribution in [3.8, 4) is 0 Å². The van der Waals surface area contributed by atoms with Crippen LogP contribution in [0.15, 0.2) is 52.3 Å². The van der Waals surface area contributed by atoms with Crippen molar-refractivity contribution in [1.82, 2.24) is 4.90 Å². The van der Waals surface area contributed by atoms with Gasteiger partial charge in [0.15, 0.2) is 0 Å². The van der Waals surface area contributed by atoms with Gasteiger partial charge in [-0.25, -0.2) is 13.2 Å². The van der Waals surface area contributed by atoms with E-state index in [9.17, 15) is 22.8 Å². The van der Waals surface area contributed by atoms with E-state index in [1.807, 2.05) is 0 Å². The summed E-state index contributed by atoms with van der Waals surface area (Å²) < 4.78 is 31.3. The first-order chi connectivity index (χ1) is 13.8. The summed E-state index contributed by atoms with van der Waals surface area (Å²) in [5.41, 5.74) is 0.160. The van der Waals surface area contributed by atoms with Crippen molar-refractivity contribution >= 4 is 27.6 Å². The molecule has 0 spiro atoms. The number of carbonyl (C=O) groups is 3. The number of fused-ring (bicyclic) bond motifs is 1. The summed E-state index contributed by atoms with van der Waals surface area (Å²) in [6.45, 7) is 0.738. The van der Waals surface area contributed by atoms with Gasteiger partial charge in [0.2, 0.25) is 9.84 Å². The van der Waals surface area contributed by atoms with Gasteiger partial charge < -0.3 is 9.84 Å². The first-order valence-corrected chi connectivity index (χ1v) is 10.5. The Morgan fingerprint density at radius 3 is 2.31 bits per heavy atom. The molecule has 2 aromatic rings. The number of imide groups is 1. The summed E-state index contributed by atoms with van der Waals surface area (Å²) in [4.78, 5) is 37.1.